The fraction of sp³-hybridized carbons (Fsp3) is 0.154. The summed E-state index contributed by atoms with van der Waals surface area (Å²) in [6.45, 7) is 1.98. The summed E-state index contributed by atoms with van der Waals surface area (Å²) in [6.07, 6.45) is 2.73. The van der Waals surface area contributed by atoms with Gasteiger partial charge in [-0.15, -0.1) is 0 Å². The predicted octanol–water partition coefficient (Wildman–Crippen LogP) is 3.22. The third kappa shape index (κ3) is 3.72. The largest absolute Gasteiger partial charge is 0.462 e. The number of aromatic nitrogens is 2. The fourth-order valence-electron chi connectivity index (χ4n) is 1.58. The van der Waals surface area contributed by atoms with Crippen molar-refractivity contribution in [1.29, 1.82) is 0 Å². The van der Waals surface area contributed by atoms with Crippen LogP contribution < -0.4 is 5.73 Å². The Kier molecular flexibility index (Phi) is 5.30. The van der Waals surface area contributed by atoms with Crippen LogP contribution in [0.3, 0.4) is 0 Å². The smallest absolute Gasteiger partial charge is 0.341 e. The third-order valence-electron chi connectivity index (χ3n) is 2.54. The van der Waals surface area contributed by atoms with Crippen LogP contribution >= 0.6 is 31.9 Å². The second kappa shape index (κ2) is 7.01. The second-order valence-electron chi connectivity index (χ2n) is 4.08. The number of hydrogen-bond acceptors (Lipinski definition) is 4. The van der Waals surface area contributed by atoms with E-state index in [0.29, 0.717) is 14.6 Å². The highest BCUT2D eigenvalue weighted by Gasteiger charge is 2.12. The Labute approximate surface area is 142 Å². The maximum absolute atomic E-state index is 13.2. The molecule has 0 saturated heterocycles. The normalized spacial score (nSPS) is 11.5. The average molecular weight is 434 g/mol. The highest BCUT2D eigenvalue weighted by molar-refractivity contribution is 9.11. The van der Waals surface area contributed by atoms with E-state index in [2.05, 4.69) is 42.0 Å². The Morgan fingerprint density at radius 1 is 1.45 bits per heavy atom. The van der Waals surface area contributed by atoms with Crippen molar-refractivity contribution >= 4 is 49.5 Å². The SMILES string of the molecule is CCOC(=O)c1cnn(C(N)=Nc2c(Br)cc(F)cc2Br)c1. The van der Waals surface area contributed by atoms with Gasteiger partial charge in [-0.2, -0.15) is 5.10 Å². The lowest BCUT2D eigenvalue weighted by Gasteiger charge is -2.05. The van der Waals surface area contributed by atoms with Crippen LogP contribution in [0, 0.1) is 5.82 Å². The Morgan fingerprint density at radius 3 is 2.68 bits per heavy atom. The van der Waals surface area contributed by atoms with Crippen molar-refractivity contribution in [2.45, 2.75) is 6.92 Å². The number of carbonyl (C=O) groups is 1. The number of esters is 1. The molecule has 0 fully saturated rings. The number of nitrogens with zero attached hydrogens (tertiary/aromatic N) is 3. The van der Waals surface area contributed by atoms with Gasteiger partial charge >= 0.3 is 5.97 Å². The molecule has 0 spiro atoms. The summed E-state index contributed by atoms with van der Waals surface area (Å²) >= 11 is 6.42. The van der Waals surface area contributed by atoms with E-state index in [4.69, 9.17) is 10.5 Å². The van der Waals surface area contributed by atoms with Crippen LogP contribution in [0.2, 0.25) is 0 Å². The lowest BCUT2D eigenvalue weighted by molar-refractivity contribution is 0.0526. The van der Waals surface area contributed by atoms with Gasteiger partial charge in [0.2, 0.25) is 5.96 Å². The highest BCUT2D eigenvalue weighted by Crippen LogP contribution is 2.34. The van der Waals surface area contributed by atoms with Crippen molar-refractivity contribution in [2.24, 2.45) is 10.7 Å². The van der Waals surface area contributed by atoms with Crippen molar-refractivity contribution < 1.29 is 13.9 Å². The van der Waals surface area contributed by atoms with E-state index in [-0.39, 0.29) is 18.1 Å². The van der Waals surface area contributed by atoms with Crippen LogP contribution in [0.5, 0.6) is 0 Å². The predicted molar refractivity (Wildman–Crippen MR) is 86.7 cm³/mol. The highest BCUT2D eigenvalue weighted by atomic mass is 79.9. The molecule has 0 radical (unpaired) electrons. The molecule has 1 heterocycles. The first-order chi connectivity index (χ1) is 10.4. The number of benzene rings is 1. The molecule has 0 saturated carbocycles. The molecule has 116 valence electrons. The van der Waals surface area contributed by atoms with Crippen molar-refractivity contribution in [2.75, 3.05) is 6.61 Å². The number of nitrogens with two attached hydrogens (primary N) is 1. The Bertz CT molecular complexity index is 722. The van der Waals surface area contributed by atoms with E-state index in [1.807, 2.05) is 0 Å². The van der Waals surface area contributed by atoms with Crippen LogP contribution in [-0.4, -0.2) is 28.3 Å². The van der Waals surface area contributed by atoms with Crippen LogP contribution in [0.1, 0.15) is 17.3 Å². The lowest BCUT2D eigenvalue weighted by atomic mass is 10.3. The van der Waals surface area contributed by atoms with Gasteiger partial charge in [0, 0.05) is 15.1 Å². The summed E-state index contributed by atoms with van der Waals surface area (Å²) in [5.74, 6) is -0.894. The maximum atomic E-state index is 13.2. The van der Waals surface area contributed by atoms with E-state index < -0.39 is 11.8 Å². The molecule has 0 aliphatic rings. The molecule has 0 unspecified atom stereocenters. The molecule has 2 N–H and O–H groups in total. The standard InChI is InChI=1S/C13H11Br2FN4O2/c1-2-22-12(21)7-5-18-20(6-7)13(17)19-11-9(14)3-8(16)4-10(11)15/h3-6H,2H2,1H3,(H2,17,19). The van der Waals surface area contributed by atoms with Gasteiger partial charge in [0.05, 0.1) is 24.1 Å². The molecule has 0 aliphatic heterocycles. The number of halogens is 3. The summed E-state index contributed by atoms with van der Waals surface area (Å²) in [5, 5.41) is 3.95. The van der Waals surface area contributed by atoms with Crippen LogP contribution in [0.25, 0.3) is 0 Å². The molecule has 0 aliphatic carbocycles. The Hall–Kier alpha value is -1.74. The molecule has 6 nitrogen and oxygen atoms in total. The van der Waals surface area contributed by atoms with Crippen LogP contribution in [0.15, 0.2) is 38.5 Å². The first kappa shape index (κ1) is 16.6. The molecule has 1 aromatic heterocycles. The van der Waals surface area contributed by atoms with E-state index in [1.165, 1.54) is 29.2 Å². The molecular weight excluding hydrogens is 423 g/mol. The molecule has 0 atom stereocenters. The quantitative estimate of drug-likeness (QED) is 0.457. The zero-order valence-electron chi connectivity index (χ0n) is 11.4. The molecule has 0 amide bonds. The molecule has 2 rings (SSSR count). The molecule has 0 bridgehead atoms. The lowest BCUT2D eigenvalue weighted by Crippen LogP contribution is -2.22. The van der Waals surface area contributed by atoms with E-state index >= 15 is 0 Å². The molecule has 2 aromatic rings. The third-order valence-corrected chi connectivity index (χ3v) is 3.75. The number of aliphatic imine (C=N–C) groups is 1. The van der Waals surface area contributed by atoms with Crippen molar-refractivity contribution in [3.63, 3.8) is 0 Å². The summed E-state index contributed by atoms with van der Waals surface area (Å²) in [6, 6.07) is 2.54. The van der Waals surface area contributed by atoms with Gasteiger partial charge in [-0.25, -0.2) is 18.9 Å². The molecule has 9 heteroatoms. The van der Waals surface area contributed by atoms with Crippen molar-refractivity contribution in [3.05, 3.63) is 44.9 Å². The fourth-order valence-corrected chi connectivity index (χ4v) is 2.88. The summed E-state index contributed by atoms with van der Waals surface area (Å²) in [7, 11) is 0. The minimum atomic E-state index is -0.495. The molecule has 22 heavy (non-hydrogen) atoms. The van der Waals surface area contributed by atoms with Gasteiger partial charge in [0.15, 0.2) is 0 Å². The summed E-state index contributed by atoms with van der Waals surface area (Å²) in [4.78, 5) is 15.7. The Morgan fingerprint density at radius 2 is 2.09 bits per heavy atom. The average Bonchev–Trinajstić information content (AvgIpc) is 2.92. The van der Waals surface area contributed by atoms with Gasteiger partial charge in [-0.1, -0.05) is 0 Å². The van der Waals surface area contributed by atoms with E-state index in [0.717, 1.165) is 0 Å². The molecule has 1 aromatic carbocycles. The van der Waals surface area contributed by atoms with Gasteiger partial charge in [0.1, 0.15) is 5.82 Å². The zero-order valence-corrected chi connectivity index (χ0v) is 14.6. The summed E-state index contributed by atoms with van der Waals surface area (Å²) < 4.78 is 20.2. The van der Waals surface area contributed by atoms with Crippen molar-refractivity contribution in [3.8, 4) is 0 Å². The monoisotopic (exact) mass is 432 g/mol. The molecular formula is C13H11Br2FN4O2. The minimum Gasteiger partial charge on any atom is -0.462 e. The van der Waals surface area contributed by atoms with E-state index in [9.17, 15) is 9.18 Å². The van der Waals surface area contributed by atoms with Crippen molar-refractivity contribution in [1.82, 2.24) is 9.78 Å². The number of rotatable bonds is 3. The number of carbonyl (C=O) groups excluding carboxylic acids is 1. The van der Waals surface area contributed by atoms with Crippen LogP contribution in [0.4, 0.5) is 10.1 Å². The summed E-state index contributed by atoms with van der Waals surface area (Å²) in [5.41, 5.74) is 6.52. The van der Waals surface area contributed by atoms with E-state index in [1.54, 1.807) is 6.92 Å². The van der Waals surface area contributed by atoms with Gasteiger partial charge in [-0.3, -0.25) is 0 Å². The first-order valence-corrected chi connectivity index (χ1v) is 7.71. The van der Waals surface area contributed by atoms with Gasteiger partial charge in [-0.05, 0) is 50.9 Å². The number of ether oxygens (including phenoxy) is 1. The number of hydrogen-bond donors (Lipinski definition) is 1. The van der Waals surface area contributed by atoms with Gasteiger partial charge in [0.25, 0.3) is 0 Å². The van der Waals surface area contributed by atoms with Gasteiger partial charge < -0.3 is 10.5 Å². The first-order valence-electron chi connectivity index (χ1n) is 6.13. The van der Waals surface area contributed by atoms with Crippen LogP contribution in [-0.2, 0) is 4.74 Å². The topological polar surface area (TPSA) is 82.5 Å². The minimum absolute atomic E-state index is 0.0172. The Balaban J connectivity index is 2.32. The second-order valence-corrected chi connectivity index (χ2v) is 5.79. The zero-order chi connectivity index (χ0) is 16.3. The maximum Gasteiger partial charge on any atom is 0.341 e.